The van der Waals surface area contributed by atoms with Gasteiger partial charge in [0.25, 0.3) is 0 Å². The first-order valence-corrected chi connectivity index (χ1v) is 7.31. The Morgan fingerprint density at radius 1 is 1.25 bits per heavy atom. The van der Waals surface area contributed by atoms with Crippen molar-refractivity contribution in [2.24, 2.45) is 0 Å². The second-order valence-electron chi connectivity index (χ2n) is 4.68. The van der Waals surface area contributed by atoms with Crippen LogP contribution in [0, 0.1) is 0 Å². The summed E-state index contributed by atoms with van der Waals surface area (Å²) in [4.78, 5) is 4.41. The Labute approximate surface area is 126 Å². The average molecular weight is 331 g/mol. The molecular formula is C16H15BrN2O. The monoisotopic (exact) mass is 330 g/mol. The Morgan fingerprint density at radius 2 is 2.10 bits per heavy atom. The highest BCUT2D eigenvalue weighted by Gasteiger charge is 2.16. The summed E-state index contributed by atoms with van der Waals surface area (Å²) in [5.41, 5.74) is 3.45. The molecule has 0 spiro atoms. The van der Waals surface area contributed by atoms with Gasteiger partial charge in [0.15, 0.2) is 4.67 Å². The van der Waals surface area contributed by atoms with E-state index in [1.807, 2.05) is 31.4 Å². The minimum Gasteiger partial charge on any atom is -0.457 e. The molecule has 2 aromatic heterocycles. The molecule has 20 heavy (non-hydrogen) atoms. The van der Waals surface area contributed by atoms with Crippen LogP contribution in [0.25, 0.3) is 10.9 Å². The van der Waals surface area contributed by atoms with Crippen LogP contribution < -0.4 is 5.32 Å². The molecule has 3 aromatic rings. The number of hydrogen-bond donors (Lipinski definition) is 1. The number of hydrogen-bond acceptors (Lipinski definition) is 3. The van der Waals surface area contributed by atoms with Gasteiger partial charge in [-0.15, -0.1) is 0 Å². The first kappa shape index (κ1) is 13.3. The van der Waals surface area contributed by atoms with Crippen molar-refractivity contribution in [2.45, 2.75) is 12.5 Å². The average Bonchev–Trinajstić information content (AvgIpc) is 2.91. The number of para-hydroxylation sites is 1. The Hall–Kier alpha value is -1.65. The zero-order valence-electron chi connectivity index (χ0n) is 11.1. The summed E-state index contributed by atoms with van der Waals surface area (Å²) in [5.74, 6) is 0. The molecule has 1 N–H and O–H groups in total. The van der Waals surface area contributed by atoms with Crippen LogP contribution in [-0.2, 0) is 6.42 Å². The molecule has 0 aliphatic heterocycles. The van der Waals surface area contributed by atoms with Gasteiger partial charge in [-0.2, -0.15) is 0 Å². The summed E-state index contributed by atoms with van der Waals surface area (Å²) in [6.07, 6.45) is 4.46. The van der Waals surface area contributed by atoms with Crippen LogP contribution in [0.15, 0.2) is 57.9 Å². The maximum Gasteiger partial charge on any atom is 0.173 e. The molecule has 0 bridgehead atoms. The summed E-state index contributed by atoms with van der Waals surface area (Å²) in [6.45, 7) is 0. The Bertz CT molecular complexity index is 718. The van der Waals surface area contributed by atoms with Crippen LogP contribution >= 0.6 is 15.9 Å². The lowest BCUT2D eigenvalue weighted by Crippen LogP contribution is -2.18. The fourth-order valence-corrected chi connectivity index (χ4v) is 2.99. The highest BCUT2D eigenvalue weighted by molar-refractivity contribution is 9.10. The number of benzene rings is 1. The Balaban J connectivity index is 1.98. The van der Waals surface area contributed by atoms with Gasteiger partial charge in [-0.25, -0.2) is 0 Å². The number of nitrogens with one attached hydrogen (secondary N) is 1. The third-order valence-corrected chi connectivity index (χ3v) is 4.18. The fourth-order valence-electron chi connectivity index (χ4n) is 2.47. The van der Waals surface area contributed by atoms with Crippen molar-refractivity contribution >= 4 is 26.8 Å². The van der Waals surface area contributed by atoms with Crippen LogP contribution in [0.3, 0.4) is 0 Å². The molecule has 102 valence electrons. The number of furan rings is 1. The summed E-state index contributed by atoms with van der Waals surface area (Å²) in [7, 11) is 1.97. The van der Waals surface area contributed by atoms with Crippen molar-refractivity contribution in [1.82, 2.24) is 10.3 Å². The third-order valence-electron chi connectivity index (χ3n) is 3.53. The van der Waals surface area contributed by atoms with E-state index < -0.39 is 0 Å². The van der Waals surface area contributed by atoms with Crippen LogP contribution in [0.2, 0.25) is 0 Å². The topological polar surface area (TPSA) is 38.1 Å². The van der Waals surface area contributed by atoms with E-state index in [9.17, 15) is 0 Å². The van der Waals surface area contributed by atoms with Crippen LogP contribution in [0.5, 0.6) is 0 Å². The normalized spacial score (nSPS) is 12.7. The largest absolute Gasteiger partial charge is 0.457 e. The number of halogens is 1. The zero-order chi connectivity index (χ0) is 13.9. The summed E-state index contributed by atoms with van der Waals surface area (Å²) in [6, 6.07) is 12.5. The number of nitrogens with zero attached hydrogens (tertiary/aromatic N) is 1. The lowest BCUT2D eigenvalue weighted by molar-refractivity contribution is 0.518. The minimum atomic E-state index is 0.203. The Kier molecular flexibility index (Phi) is 3.85. The molecule has 4 heteroatoms. The number of likely N-dealkylation sites (N-methyl/N-ethyl adjacent to an activating group) is 1. The molecule has 1 atom stereocenters. The predicted molar refractivity (Wildman–Crippen MR) is 83.7 cm³/mol. The van der Waals surface area contributed by atoms with Crippen LogP contribution in [-0.4, -0.2) is 12.0 Å². The van der Waals surface area contributed by atoms with Crippen LogP contribution in [0.1, 0.15) is 17.2 Å². The zero-order valence-corrected chi connectivity index (χ0v) is 12.7. The molecule has 1 aromatic carbocycles. The highest BCUT2D eigenvalue weighted by atomic mass is 79.9. The number of pyridine rings is 1. The molecule has 3 nitrogen and oxygen atoms in total. The van der Waals surface area contributed by atoms with Gasteiger partial charge in [0, 0.05) is 23.2 Å². The summed E-state index contributed by atoms with van der Waals surface area (Å²) in [5, 5.41) is 4.55. The molecule has 0 aliphatic rings. The lowest BCUT2D eigenvalue weighted by atomic mass is 9.98. The molecule has 3 rings (SSSR count). The molecular weight excluding hydrogens is 316 g/mol. The van der Waals surface area contributed by atoms with Gasteiger partial charge in [0.1, 0.15) is 0 Å². The van der Waals surface area contributed by atoms with E-state index in [0.717, 1.165) is 22.2 Å². The SMILES string of the molecule is CNC(Cc1ccnc2ccccc12)c1ccoc1Br. The highest BCUT2D eigenvalue weighted by Crippen LogP contribution is 2.28. The quantitative estimate of drug-likeness (QED) is 0.782. The Morgan fingerprint density at radius 3 is 2.85 bits per heavy atom. The van der Waals surface area contributed by atoms with E-state index in [0.29, 0.717) is 0 Å². The molecule has 0 aliphatic carbocycles. The minimum absolute atomic E-state index is 0.203. The van der Waals surface area contributed by atoms with Crippen molar-refractivity contribution in [3.63, 3.8) is 0 Å². The number of aromatic nitrogens is 1. The van der Waals surface area contributed by atoms with Gasteiger partial charge in [-0.05, 0) is 53.2 Å². The summed E-state index contributed by atoms with van der Waals surface area (Å²) >= 11 is 3.45. The molecule has 2 heterocycles. The standard InChI is InChI=1S/C16H15BrN2O/c1-18-15(13-7-9-20-16(13)17)10-11-6-8-19-14-5-3-2-4-12(11)14/h2-9,15,18H,10H2,1H3. The summed E-state index contributed by atoms with van der Waals surface area (Å²) < 4.78 is 6.12. The van der Waals surface area contributed by atoms with Crippen LogP contribution in [0.4, 0.5) is 0 Å². The second kappa shape index (κ2) is 5.77. The van der Waals surface area contributed by atoms with E-state index in [4.69, 9.17) is 4.42 Å². The van der Waals surface area contributed by atoms with E-state index >= 15 is 0 Å². The number of fused-ring (bicyclic) bond motifs is 1. The van der Waals surface area contributed by atoms with Crippen molar-refractivity contribution in [1.29, 1.82) is 0 Å². The second-order valence-corrected chi connectivity index (χ2v) is 5.40. The van der Waals surface area contributed by atoms with Gasteiger partial charge in [-0.3, -0.25) is 4.98 Å². The van der Waals surface area contributed by atoms with Gasteiger partial charge in [0.05, 0.1) is 11.8 Å². The van der Waals surface area contributed by atoms with Crippen molar-refractivity contribution < 1.29 is 4.42 Å². The van der Waals surface area contributed by atoms with E-state index in [1.165, 1.54) is 10.9 Å². The van der Waals surface area contributed by atoms with Gasteiger partial charge in [-0.1, -0.05) is 18.2 Å². The first-order valence-electron chi connectivity index (χ1n) is 6.52. The van der Waals surface area contributed by atoms with E-state index in [-0.39, 0.29) is 6.04 Å². The van der Waals surface area contributed by atoms with Gasteiger partial charge >= 0.3 is 0 Å². The van der Waals surface area contributed by atoms with Crippen molar-refractivity contribution in [3.8, 4) is 0 Å². The lowest BCUT2D eigenvalue weighted by Gasteiger charge is -2.16. The predicted octanol–water partition coefficient (Wildman–Crippen LogP) is 4.09. The van der Waals surface area contributed by atoms with E-state index in [1.54, 1.807) is 6.26 Å². The maximum absolute atomic E-state index is 5.34. The molecule has 0 fully saturated rings. The first-order chi connectivity index (χ1) is 9.79. The fraction of sp³-hybridized carbons (Fsp3) is 0.188. The number of rotatable bonds is 4. The molecule has 0 radical (unpaired) electrons. The van der Waals surface area contributed by atoms with Gasteiger partial charge in [0.2, 0.25) is 0 Å². The smallest absolute Gasteiger partial charge is 0.173 e. The third kappa shape index (κ3) is 2.49. The van der Waals surface area contributed by atoms with Crippen molar-refractivity contribution in [3.05, 3.63) is 64.7 Å². The maximum atomic E-state index is 5.34. The molecule has 0 saturated heterocycles. The molecule has 1 unspecified atom stereocenters. The van der Waals surface area contributed by atoms with E-state index in [2.05, 4.69) is 44.4 Å². The molecule has 0 saturated carbocycles. The molecule has 0 amide bonds. The van der Waals surface area contributed by atoms with Crippen molar-refractivity contribution in [2.75, 3.05) is 7.05 Å². The van der Waals surface area contributed by atoms with Gasteiger partial charge < -0.3 is 9.73 Å².